The van der Waals surface area contributed by atoms with Gasteiger partial charge in [-0.05, 0) is 0 Å². The second kappa shape index (κ2) is 3.31. The van der Waals surface area contributed by atoms with Gasteiger partial charge in [0.15, 0.2) is 6.67 Å². The van der Waals surface area contributed by atoms with Gasteiger partial charge < -0.3 is 5.11 Å². The van der Waals surface area contributed by atoms with E-state index in [2.05, 4.69) is 4.74 Å². The lowest BCUT2D eigenvalue weighted by molar-refractivity contribution is -0.384. The molecule has 0 aromatic rings. The van der Waals surface area contributed by atoms with E-state index in [4.69, 9.17) is 5.11 Å². The smallest absolute Gasteiger partial charge is 0.387 e. The molecule has 0 aromatic heterocycles. The molecule has 1 N–H and O–H groups in total. The van der Waals surface area contributed by atoms with Crippen LogP contribution in [-0.2, 0) is 4.74 Å². The molecule has 0 aliphatic heterocycles. The fraction of sp³-hybridized carbons (Fsp3) is 1.00. The molecule has 0 saturated heterocycles. The molecule has 0 unspecified atom stereocenters. The van der Waals surface area contributed by atoms with Gasteiger partial charge in [-0.15, -0.1) is 0 Å². The van der Waals surface area contributed by atoms with Crippen molar-refractivity contribution in [2.75, 3.05) is 13.3 Å². The third-order valence-corrected chi connectivity index (χ3v) is 0.638. The van der Waals surface area contributed by atoms with Gasteiger partial charge in [0.05, 0.1) is 0 Å². The van der Waals surface area contributed by atoms with Crippen molar-refractivity contribution >= 4 is 0 Å². The van der Waals surface area contributed by atoms with Crippen LogP contribution in [-0.4, -0.2) is 30.6 Å². The van der Waals surface area contributed by atoms with Crippen LogP contribution in [0.4, 0.5) is 22.0 Å². The van der Waals surface area contributed by atoms with Gasteiger partial charge in [-0.25, -0.2) is 4.39 Å². The SMILES string of the molecule is OCC(F)(F)OC(F)(F)CF. The highest BCUT2D eigenvalue weighted by Gasteiger charge is 2.43. The molecule has 0 rings (SSSR count). The summed E-state index contributed by atoms with van der Waals surface area (Å²) in [7, 11) is 0. The third kappa shape index (κ3) is 4.10. The zero-order valence-electron chi connectivity index (χ0n) is 5.16. The standard InChI is InChI=1S/C4H5F5O2/c5-1-3(6,7)11-4(8,9)2-10/h10H,1-2H2. The maximum atomic E-state index is 11.7. The van der Waals surface area contributed by atoms with E-state index in [0.717, 1.165) is 0 Å². The zero-order chi connectivity index (χ0) is 9.12. The summed E-state index contributed by atoms with van der Waals surface area (Å²) < 4.78 is 60.5. The Bertz CT molecular complexity index is 112. The minimum absolute atomic E-state index is 1.91. The summed E-state index contributed by atoms with van der Waals surface area (Å²) in [4.78, 5) is 0. The van der Waals surface area contributed by atoms with Crippen LogP contribution < -0.4 is 0 Å². The second-order valence-electron chi connectivity index (χ2n) is 1.67. The molecule has 0 aliphatic rings. The fourth-order valence-corrected chi connectivity index (χ4v) is 0.278. The maximum absolute atomic E-state index is 11.7. The molecule has 0 amide bonds. The van der Waals surface area contributed by atoms with Crippen molar-refractivity contribution in [2.24, 2.45) is 0 Å². The summed E-state index contributed by atoms with van der Waals surface area (Å²) >= 11 is 0. The van der Waals surface area contributed by atoms with Crippen LogP contribution in [0, 0.1) is 0 Å². The van der Waals surface area contributed by atoms with Crippen LogP contribution in [0.15, 0.2) is 0 Å². The van der Waals surface area contributed by atoms with Gasteiger partial charge in [-0.1, -0.05) is 0 Å². The van der Waals surface area contributed by atoms with Gasteiger partial charge in [-0.3, -0.25) is 4.74 Å². The van der Waals surface area contributed by atoms with Gasteiger partial charge in [0.1, 0.15) is 6.61 Å². The van der Waals surface area contributed by atoms with E-state index in [-0.39, 0.29) is 0 Å². The first-order valence-electron chi connectivity index (χ1n) is 2.45. The molecule has 0 heterocycles. The van der Waals surface area contributed by atoms with E-state index in [1.807, 2.05) is 0 Å². The van der Waals surface area contributed by atoms with E-state index in [9.17, 15) is 22.0 Å². The van der Waals surface area contributed by atoms with Crippen LogP contribution in [0.25, 0.3) is 0 Å². The lowest BCUT2D eigenvalue weighted by Gasteiger charge is -2.19. The van der Waals surface area contributed by atoms with Gasteiger partial charge >= 0.3 is 12.2 Å². The Kier molecular flexibility index (Phi) is 3.18. The lowest BCUT2D eigenvalue weighted by Crippen LogP contribution is -2.37. The number of alkyl halides is 5. The van der Waals surface area contributed by atoms with E-state index in [1.165, 1.54) is 0 Å². The molecular formula is C4H5F5O2. The fourth-order valence-electron chi connectivity index (χ4n) is 0.278. The molecule has 0 atom stereocenters. The van der Waals surface area contributed by atoms with Crippen LogP contribution in [0.1, 0.15) is 0 Å². The molecule has 7 heteroatoms. The first kappa shape index (κ1) is 10.6. The summed E-state index contributed by atoms with van der Waals surface area (Å²) in [5, 5.41) is 7.72. The third-order valence-electron chi connectivity index (χ3n) is 0.638. The summed E-state index contributed by atoms with van der Waals surface area (Å²) in [6.07, 6.45) is -8.96. The molecule has 0 radical (unpaired) electrons. The van der Waals surface area contributed by atoms with Crippen molar-refractivity contribution < 1.29 is 31.8 Å². The monoisotopic (exact) mass is 180 g/mol. The van der Waals surface area contributed by atoms with Crippen molar-refractivity contribution in [1.82, 2.24) is 0 Å². The molecule has 0 bridgehead atoms. The Morgan fingerprint density at radius 1 is 1.09 bits per heavy atom. The number of ether oxygens (including phenoxy) is 1. The molecule has 0 saturated carbocycles. The largest absolute Gasteiger partial charge is 0.388 e. The van der Waals surface area contributed by atoms with Crippen molar-refractivity contribution in [3.05, 3.63) is 0 Å². The number of rotatable bonds is 4. The van der Waals surface area contributed by atoms with Gasteiger partial charge in [0.2, 0.25) is 0 Å². The molecule has 0 aromatic carbocycles. The summed E-state index contributed by atoms with van der Waals surface area (Å²) in [5.74, 6) is 0. The van der Waals surface area contributed by atoms with E-state index in [0.29, 0.717) is 0 Å². The average molecular weight is 180 g/mol. The number of halogens is 5. The van der Waals surface area contributed by atoms with Crippen molar-refractivity contribution in [3.63, 3.8) is 0 Å². The van der Waals surface area contributed by atoms with Gasteiger partial charge in [0, 0.05) is 0 Å². The first-order chi connectivity index (χ1) is 4.83. The van der Waals surface area contributed by atoms with Crippen molar-refractivity contribution in [1.29, 1.82) is 0 Å². The highest BCUT2D eigenvalue weighted by molar-refractivity contribution is 4.55. The number of aliphatic hydroxyl groups excluding tert-OH is 1. The van der Waals surface area contributed by atoms with E-state index in [1.54, 1.807) is 0 Å². The summed E-state index contributed by atoms with van der Waals surface area (Å²) in [6, 6.07) is 0. The summed E-state index contributed by atoms with van der Waals surface area (Å²) in [6.45, 7) is -4.27. The Morgan fingerprint density at radius 2 is 1.55 bits per heavy atom. The van der Waals surface area contributed by atoms with Gasteiger partial charge in [0.25, 0.3) is 0 Å². The quantitative estimate of drug-likeness (QED) is 0.657. The molecule has 2 nitrogen and oxygen atoms in total. The number of hydrogen-bond donors (Lipinski definition) is 1. The number of aliphatic hydroxyl groups is 1. The zero-order valence-corrected chi connectivity index (χ0v) is 5.16. The average Bonchev–Trinajstić information content (AvgIpc) is 1.86. The normalized spacial score (nSPS) is 13.6. The molecule has 0 fully saturated rings. The molecule has 68 valence electrons. The van der Waals surface area contributed by atoms with Crippen LogP contribution in [0.5, 0.6) is 0 Å². The maximum Gasteiger partial charge on any atom is 0.388 e. The van der Waals surface area contributed by atoms with Crippen molar-refractivity contribution in [2.45, 2.75) is 12.2 Å². The van der Waals surface area contributed by atoms with E-state index >= 15 is 0 Å². The van der Waals surface area contributed by atoms with Crippen LogP contribution in [0.2, 0.25) is 0 Å². The molecule has 0 aliphatic carbocycles. The van der Waals surface area contributed by atoms with Crippen LogP contribution in [0.3, 0.4) is 0 Å². The minimum Gasteiger partial charge on any atom is -0.387 e. The summed E-state index contributed by atoms with van der Waals surface area (Å²) in [5.41, 5.74) is 0. The Balaban J connectivity index is 4.02. The Labute approximate surface area is 58.6 Å². The van der Waals surface area contributed by atoms with E-state index < -0.39 is 25.5 Å². The predicted molar refractivity (Wildman–Crippen MR) is 24.0 cm³/mol. The molecule has 11 heavy (non-hydrogen) atoms. The minimum atomic E-state index is -4.55. The molecule has 0 spiro atoms. The van der Waals surface area contributed by atoms with Crippen LogP contribution >= 0.6 is 0 Å². The molecular weight excluding hydrogens is 175 g/mol. The highest BCUT2D eigenvalue weighted by Crippen LogP contribution is 2.26. The van der Waals surface area contributed by atoms with Crippen molar-refractivity contribution in [3.8, 4) is 0 Å². The Hall–Kier alpha value is -0.430. The number of hydrogen-bond acceptors (Lipinski definition) is 2. The first-order valence-corrected chi connectivity index (χ1v) is 2.45. The topological polar surface area (TPSA) is 29.5 Å². The lowest BCUT2D eigenvalue weighted by atomic mass is 10.6. The predicted octanol–water partition coefficient (Wildman–Crippen LogP) is 1.15. The highest BCUT2D eigenvalue weighted by atomic mass is 19.3. The second-order valence-corrected chi connectivity index (χ2v) is 1.67. The van der Waals surface area contributed by atoms with Gasteiger partial charge in [-0.2, -0.15) is 17.6 Å². The Morgan fingerprint density at radius 3 is 1.82 bits per heavy atom.